The highest BCUT2D eigenvalue weighted by Gasteiger charge is 2.35. The quantitative estimate of drug-likeness (QED) is 0.309. The molecule has 4 rings (SSSR count). The number of nitrogens with zero attached hydrogens (tertiary/aromatic N) is 2. The van der Waals surface area contributed by atoms with E-state index in [4.69, 9.17) is 14.5 Å². The standard InChI is InChI=1S/C25H27N3O3/c1-4-6-15-30-19-11-9-10-18(16-19)23-22(24(29)31-14-5-2)17(3)26-25-27-20-12-7-8-13-21(20)28(23)25/h5,7-13,16,23H,2,4,6,14-15H2,1,3H3,(H,26,27)/t23-/m0/s1. The minimum absolute atomic E-state index is 0.153. The number of carbonyl (C=O) groups excluding carboxylic acids is 1. The largest absolute Gasteiger partial charge is 0.494 e. The van der Waals surface area contributed by atoms with Gasteiger partial charge in [-0.15, -0.1) is 0 Å². The minimum Gasteiger partial charge on any atom is -0.494 e. The fourth-order valence-electron chi connectivity index (χ4n) is 3.86. The Hall–Kier alpha value is -3.54. The number of esters is 1. The molecule has 1 aliphatic rings. The van der Waals surface area contributed by atoms with Crippen molar-refractivity contribution < 1.29 is 14.3 Å². The molecular weight excluding hydrogens is 390 g/mol. The SMILES string of the molecule is C=CCOC(=O)C1=C(C)Nc2nc3ccccc3n2[C@H]1c1cccc(OCCCC)c1. The Labute approximate surface area is 182 Å². The third kappa shape index (κ3) is 4.06. The van der Waals surface area contributed by atoms with Gasteiger partial charge in [-0.2, -0.15) is 0 Å². The van der Waals surface area contributed by atoms with Crippen LogP contribution in [0.5, 0.6) is 5.75 Å². The van der Waals surface area contributed by atoms with Crippen molar-refractivity contribution in [3.63, 3.8) is 0 Å². The number of unbranched alkanes of at least 4 members (excludes halogenated alkanes) is 1. The van der Waals surface area contributed by atoms with Gasteiger partial charge in [-0.05, 0) is 43.2 Å². The van der Waals surface area contributed by atoms with Gasteiger partial charge in [0.1, 0.15) is 12.4 Å². The molecule has 6 heteroatoms. The van der Waals surface area contributed by atoms with Crippen molar-refractivity contribution in [2.45, 2.75) is 32.7 Å². The van der Waals surface area contributed by atoms with E-state index in [1.54, 1.807) is 6.08 Å². The van der Waals surface area contributed by atoms with Crippen molar-refractivity contribution in [3.05, 3.63) is 78.0 Å². The molecule has 0 saturated carbocycles. The van der Waals surface area contributed by atoms with E-state index in [0.717, 1.165) is 40.9 Å². The van der Waals surface area contributed by atoms with Crippen LogP contribution in [0.1, 0.15) is 38.3 Å². The highest BCUT2D eigenvalue weighted by atomic mass is 16.5. The number of benzene rings is 2. The molecule has 160 valence electrons. The zero-order valence-corrected chi connectivity index (χ0v) is 17.9. The summed E-state index contributed by atoms with van der Waals surface area (Å²) in [5.74, 6) is 1.10. The molecule has 1 N–H and O–H groups in total. The van der Waals surface area contributed by atoms with E-state index in [1.165, 1.54) is 0 Å². The van der Waals surface area contributed by atoms with Crippen molar-refractivity contribution in [1.82, 2.24) is 9.55 Å². The number of hydrogen-bond acceptors (Lipinski definition) is 5. The molecule has 6 nitrogen and oxygen atoms in total. The molecule has 0 unspecified atom stereocenters. The Balaban J connectivity index is 1.84. The van der Waals surface area contributed by atoms with Crippen LogP contribution in [0.3, 0.4) is 0 Å². The summed E-state index contributed by atoms with van der Waals surface area (Å²) in [5, 5.41) is 3.29. The van der Waals surface area contributed by atoms with Crippen LogP contribution in [-0.2, 0) is 9.53 Å². The number of aromatic nitrogens is 2. The smallest absolute Gasteiger partial charge is 0.338 e. The van der Waals surface area contributed by atoms with Crippen LogP contribution in [0.25, 0.3) is 11.0 Å². The fraction of sp³-hybridized carbons (Fsp3) is 0.280. The van der Waals surface area contributed by atoms with Crippen molar-refractivity contribution in [1.29, 1.82) is 0 Å². The Morgan fingerprint density at radius 3 is 2.90 bits per heavy atom. The monoisotopic (exact) mass is 417 g/mol. The first-order valence-corrected chi connectivity index (χ1v) is 10.6. The molecule has 0 radical (unpaired) electrons. The van der Waals surface area contributed by atoms with E-state index in [9.17, 15) is 4.79 Å². The Morgan fingerprint density at radius 1 is 1.26 bits per heavy atom. The number of ether oxygens (including phenoxy) is 2. The molecule has 0 spiro atoms. The zero-order chi connectivity index (χ0) is 21.8. The number of imidazole rings is 1. The van der Waals surface area contributed by atoms with Crippen LogP contribution in [0.2, 0.25) is 0 Å². The molecule has 0 saturated heterocycles. The summed E-state index contributed by atoms with van der Waals surface area (Å²) in [7, 11) is 0. The first-order valence-electron chi connectivity index (χ1n) is 10.6. The fourth-order valence-corrected chi connectivity index (χ4v) is 3.86. The molecular formula is C25H27N3O3. The van der Waals surface area contributed by atoms with Crippen LogP contribution < -0.4 is 10.1 Å². The number of para-hydroxylation sites is 2. The van der Waals surface area contributed by atoms with Gasteiger partial charge in [0.2, 0.25) is 5.95 Å². The molecule has 1 atom stereocenters. The highest BCUT2D eigenvalue weighted by molar-refractivity contribution is 5.94. The second-order valence-electron chi connectivity index (χ2n) is 7.52. The lowest BCUT2D eigenvalue weighted by atomic mass is 9.95. The second-order valence-corrected chi connectivity index (χ2v) is 7.52. The number of fused-ring (bicyclic) bond motifs is 3. The van der Waals surface area contributed by atoms with Crippen molar-refractivity contribution in [2.75, 3.05) is 18.5 Å². The number of nitrogens with one attached hydrogen (secondary N) is 1. The van der Waals surface area contributed by atoms with Crippen LogP contribution in [0.15, 0.2) is 72.5 Å². The summed E-state index contributed by atoms with van der Waals surface area (Å²) in [6.45, 7) is 8.47. The first-order chi connectivity index (χ1) is 15.1. The Kier molecular flexibility index (Phi) is 6.07. The molecule has 3 aromatic rings. The van der Waals surface area contributed by atoms with Gasteiger partial charge in [-0.25, -0.2) is 9.78 Å². The lowest BCUT2D eigenvalue weighted by Gasteiger charge is -2.30. The maximum Gasteiger partial charge on any atom is 0.338 e. The average Bonchev–Trinajstić information content (AvgIpc) is 3.14. The summed E-state index contributed by atoms with van der Waals surface area (Å²) in [6.07, 6.45) is 3.63. The van der Waals surface area contributed by atoms with E-state index in [0.29, 0.717) is 18.1 Å². The third-order valence-corrected chi connectivity index (χ3v) is 5.32. The molecule has 1 aliphatic heterocycles. The van der Waals surface area contributed by atoms with Crippen LogP contribution >= 0.6 is 0 Å². The Morgan fingerprint density at radius 2 is 2.10 bits per heavy atom. The van der Waals surface area contributed by atoms with E-state index in [1.807, 2.05) is 55.5 Å². The van der Waals surface area contributed by atoms with Gasteiger partial charge < -0.3 is 14.8 Å². The number of allylic oxidation sites excluding steroid dienone is 1. The minimum atomic E-state index is -0.393. The summed E-state index contributed by atoms with van der Waals surface area (Å²) in [5.41, 5.74) is 4.00. The first kappa shape index (κ1) is 20.7. The molecule has 0 aliphatic carbocycles. The van der Waals surface area contributed by atoms with E-state index >= 15 is 0 Å². The summed E-state index contributed by atoms with van der Waals surface area (Å²) >= 11 is 0. The van der Waals surface area contributed by atoms with Crippen molar-refractivity contribution >= 4 is 23.0 Å². The number of anilines is 1. The van der Waals surface area contributed by atoms with Gasteiger partial charge in [-0.1, -0.05) is 50.3 Å². The molecule has 1 aromatic heterocycles. The maximum atomic E-state index is 13.1. The maximum absolute atomic E-state index is 13.1. The topological polar surface area (TPSA) is 65.4 Å². The molecule has 0 bridgehead atoms. The molecule has 2 heterocycles. The predicted octanol–water partition coefficient (Wildman–Crippen LogP) is 5.23. The van der Waals surface area contributed by atoms with E-state index in [2.05, 4.69) is 23.4 Å². The van der Waals surface area contributed by atoms with Gasteiger partial charge in [-0.3, -0.25) is 4.57 Å². The van der Waals surface area contributed by atoms with Crippen molar-refractivity contribution in [2.24, 2.45) is 0 Å². The zero-order valence-electron chi connectivity index (χ0n) is 17.9. The van der Waals surface area contributed by atoms with Gasteiger partial charge in [0.05, 0.1) is 29.3 Å². The van der Waals surface area contributed by atoms with E-state index < -0.39 is 6.04 Å². The van der Waals surface area contributed by atoms with Gasteiger partial charge in [0, 0.05) is 5.70 Å². The van der Waals surface area contributed by atoms with Gasteiger partial charge in [0.15, 0.2) is 0 Å². The highest BCUT2D eigenvalue weighted by Crippen LogP contribution is 2.40. The lowest BCUT2D eigenvalue weighted by Crippen LogP contribution is -2.29. The van der Waals surface area contributed by atoms with Crippen molar-refractivity contribution in [3.8, 4) is 5.75 Å². The summed E-state index contributed by atoms with van der Waals surface area (Å²) in [6, 6.07) is 15.4. The molecule has 0 fully saturated rings. The van der Waals surface area contributed by atoms with E-state index in [-0.39, 0.29) is 12.6 Å². The Bertz CT molecular complexity index is 1150. The third-order valence-electron chi connectivity index (χ3n) is 5.32. The number of hydrogen-bond donors (Lipinski definition) is 1. The number of rotatable bonds is 8. The number of carbonyl (C=O) groups is 1. The van der Waals surface area contributed by atoms with Gasteiger partial charge >= 0.3 is 5.97 Å². The lowest BCUT2D eigenvalue weighted by molar-refractivity contribution is -0.138. The predicted molar refractivity (Wildman–Crippen MR) is 122 cm³/mol. The normalized spacial score (nSPS) is 15.4. The second kappa shape index (κ2) is 9.08. The molecule has 2 aromatic carbocycles. The average molecular weight is 418 g/mol. The summed E-state index contributed by atoms with van der Waals surface area (Å²) < 4.78 is 13.4. The molecule has 31 heavy (non-hydrogen) atoms. The summed E-state index contributed by atoms with van der Waals surface area (Å²) in [4.78, 5) is 17.8. The molecule has 0 amide bonds. The van der Waals surface area contributed by atoms with Crippen LogP contribution in [0, 0.1) is 0 Å². The van der Waals surface area contributed by atoms with Crippen LogP contribution in [0.4, 0.5) is 5.95 Å². The van der Waals surface area contributed by atoms with Gasteiger partial charge in [0.25, 0.3) is 0 Å². The van der Waals surface area contributed by atoms with Crippen LogP contribution in [-0.4, -0.2) is 28.7 Å².